The number of aryl methyl sites for hydroxylation is 2. The second-order valence-electron chi connectivity index (χ2n) is 18.5. The molecule has 330 valence electrons. The Morgan fingerprint density at radius 2 is 0.810 bits per heavy atom. The van der Waals surface area contributed by atoms with Gasteiger partial charge in [-0.2, -0.15) is 0 Å². The normalized spacial score (nSPS) is 12.6. The summed E-state index contributed by atoms with van der Waals surface area (Å²) in [6.07, 6.45) is 25.6. The molecule has 6 aromatic carbocycles. The van der Waals surface area contributed by atoms with Crippen LogP contribution in [-0.4, -0.2) is 0 Å². The zero-order valence-corrected chi connectivity index (χ0v) is 39.4. The zero-order chi connectivity index (χ0) is 43.7. The highest BCUT2D eigenvalue weighted by molar-refractivity contribution is 5.86. The Labute approximate surface area is 382 Å². The molecule has 0 unspecified atom stereocenters. The van der Waals surface area contributed by atoms with Crippen LogP contribution in [0.15, 0.2) is 140 Å². The maximum Gasteiger partial charge on any atom is 0.0465 e. The van der Waals surface area contributed by atoms with E-state index in [1.165, 1.54) is 166 Å². The molecule has 0 saturated heterocycles. The van der Waals surface area contributed by atoms with Crippen molar-refractivity contribution < 1.29 is 0 Å². The van der Waals surface area contributed by atoms with Gasteiger partial charge in [0.05, 0.1) is 0 Å². The minimum absolute atomic E-state index is 0.0378. The minimum Gasteiger partial charge on any atom is -0.356 e. The Morgan fingerprint density at radius 1 is 0.381 bits per heavy atom. The van der Waals surface area contributed by atoms with Gasteiger partial charge in [-0.15, -0.1) is 0 Å². The van der Waals surface area contributed by atoms with Crippen molar-refractivity contribution >= 4 is 28.4 Å². The maximum atomic E-state index is 3.61. The Bertz CT molecular complexity index is 2230. The minimum atomic E-state index is 0.0378. The van der Waals surface area contributed by atoms with Crippen molar-refractivity contribution in [2.24, 2.45) is 0 Å². The van der Waals surface area contributed by atoms with Crippen LogP contribution in [0.3, 0.4) is 0 Å². The SMILES string of the molecule is CCCCCCCCC1(CCCCCCCC)c2ccccc2-c2ccc(N(c3ccc(CCCC)cc3)c3ccc(-c4ccc(Nc5ccc(CCCC)cc5)cc4)cc3)cc21. The van der Waals surface area contributed by atoms with E-state index in [4.69, 9.17) is 0 Å². The topological polar surface area (TPSA) is 15.3 Å². The lowest BCUT2D eigenvalue weighted by molar-refractivity contribution is 0.398. The molecule has 2 nitrogen and oxygen atoms in total. The molecular formula is C61H76N2. The maximum absolute atomic E-state index is 3.61. The molecule has 0 amide bonds. The Morgan fingerprint density at radius 3 is 1.37 bits per heavy atom. The molecule has 1 aliphatic carbocycles. The third kappa shape index (κ3) is 11.7. The van der Waals surface area contributed by atoms with Crippen molar-refractivity contribution in [2.75, 3.05) is 10.2 Å². The first-order valence-corrected chi connectivity index (χ1v) is 25.3. The summed E-state index contributed by atoms with van der Waals surface area (Å²) in [6, 6.07) is 53.4. The molecule has 63 heavy (non-hydrogen) atoms. The van der Waals surface area contributed by atoms with Gasteiger partial charge in [-0.3, -0.25) is 0 Å². The number of hydrogen-bond acceptors (Lipinski definition) is 2. The van der Waals surface area contributed by atoms with Crippen molar-refractivity contribution in [3.05, 3.63) is 162 Å². The largest absolute Gasteiger partial charge is 0.356 e. The first-order chi connectivity index (χ1) is 31.1. The molecule has 0 radical (unpaired) electrons. The van der Waals surface area contributed by atoms with Crippen molar-refractivity contribution in [3.63, 3.8) is 0 Å². The third-order valence-electron chi connectivity index (χ3n) is 13.8. The molecule has 1 N–H and O–H groups in total. The number of nitrogens with one attached hydrogen (secondary N) is 1. The molecule has 0 bridgehead atoms. The lowest BCUT2D eigenvalue weighted by Crippen LogP contribution is -2.26. The number of benzene rings is 6. The summed E-state index contributed by atoms with van der Waals surface area (Å²) < 4.78 is 0. The fourth-order valence-electron chi connectivity index (χ4n) is 10.2. The molecule has 2 heteroatoms. The number of fused-ring (bicyclic) bond motifs is 3. The van der Waals surface area contributed by atoms with Crippen molar-refractivity contribution in [1.82, 2.24) is 0 Å². The monoisotopic (exact) mass is 837 g/mol. The van der Waals surface area contributed by atoms with Gasteiger partial charge in [-0.05, 0) is 144 Å². The Kier molecular flexibility index (Phi) is 17.2. The van der Waals surface area contributed by atoms with E-state index in [0.717, 1.165) is 24.2 Å². The molecule has 0 atom stereocenters. The van der Waals surface area contributed by atoms with Crippen LogP contribution in [0.5, 0.6) is 0 Å². The van der Waals surface area contributed by atoms with E-state index >= 15 is 0 Å². The molecule has 0 fully saturated rings. The summed E-state index contributed by atoms with van der Waals surface area (Å²) in [7, 11) is 0. The zero-order valence-electron chi connectivity index (χ0n) is 39.4. The quantitative estimate of drug-likeness (QED) is 0.0548. The van der Waals surface area contributed by atoms with Crippen molar-refractivity contribution in [3.8, 4) is 22.3 Å². The third-order valence-corrected chi connectivity index (χ3v) is 13.8. The van der Waals surface area contributed by atoms with E-state index in [9.17, 15) is 0 Å². The summed E-state index contributed by atoms with van der Waals surface area (Å²) in [5, 5.41) is 3.61. The smallest absolute Gasteiger partial charge is 0.0465 e. The second kappa shape index (κ2) is 23.6. The Balaban J connectivity index is 1.20. The van der Waals surface area contributed by atoms with Crippen LogP contribution in [-0.2, 0) is 18.3 Å². The van der Waals surface area contributed by atoms with Crippen LogP contribution in [0.4, 0.5) is 28.4 Å². The first-order valence-electron chi connectivity index (χ1n) is 25.3. The average molecular weight is 837 g/mol. The summed E-state index contributed by atoms with van der Waals surface area (Å²) >= 11 is 0. The summed E-state index contributed by atoms with van der Waals surface area (Å²) in [5.41, 5.74) is 17.2. The van der Waals surface area contributed by atoms with Crippen LogP contribution < -0.4 is 10.2 Å². The second-order valence-corrected chi connectivity index (χ2v) is 18.5. The summed E-state index contributed by atoms with van der Waals surface area (Å²) in [5.74, 6) is 0. The summed E-state index contributed by atoms with van der Waals surface area (Å²) in [4.78, 5) is 2.51. The number of nitrogens with zero attached hydrogens (tertiary/aromatic N) is 1. The van der Waals surface area contributed by atoms with Crippen LogP contribution in [0, 0.1) is 0 Å². The average Bonchev–Trinajstić information content (AvgIpc) is 3.60. The molecule has 0 saturated carbocycles. The van der Waals surface area contributed by atoms with E-state index < -0.39 is 0 Å². The molecule has 0 aromatic heterocycles. The van der Waals surface area contributed by atoms with Gasteiger partial charge in [0.2, 0.25) is 0 Å². The lowest BCUT2D eigenvalue weighted by Gasteiger charge is -2.34. The molecule has 0 spiro atoms. The molecule has 7 rings (SSSR count). The fourth-order valence-corrected chi connectivity index (χ4v) is 10.2. The van der Waals surface area contributed by atoms with E-state index in [0.29, 0.717) is 0 Å². The standard InChI is InChI=1S/C61H76N2/c1-5-9-13-15-17-21-45-61(46-22-18-16-14-10-6-2)59-26-20-19-25-57(59)58-44-43-56(47-60(58)61)63(54-39-29-49(30-40-54)24-12-8-4)55-41-33-51(34-42-55)50-31-37-53(38-32-50)62-52-35-27-48(28-36-52)23-11-7-3/h19-20,25-44,47,62H,5-18,21-24,45-46H2,1-4H3. The molecule has 0 aliphatic heterocycles. The van der Waals surface area contributed by atoms with Gasteiger partial charge in [-0.1, -0.05) is 196 Å². The van der Waals surface area contributed by atoms with Gasteiger partial charge >= 0.3 is 0 Å². The number of anilines is 5. The Hall–Kier alpha value is -5.08. The van der Waals surface area contributed by atoms with Gasteiger partial charge < -0.3 is 10.2 Å². The van der Waals surface area contributed by atoms with E-state index in [2.05, 4.69) is 177 Å². The van der Waals surface area contributed by atoms with E-state index in [-0.39, 0.29) is 5.41 Å². The number of unbranched alkanes of at least 4 members (excludes halogenated alkanes) is 12. The van der Waals surface area contributed by atoms with E-state index in [1.807, 2.05) is 0 Å². The van der Waals surface area contributed by atoms with Gasteiger partial charge in [0, 0.05) is 33.9 Å². The van der Waals surface area contributed by atoms with Crippen molar-refractivity contribution in [2.45, 2.75) is 162 Å². The predicted octanol–water partition coefficient (Wildman–Crippen LogP) is 19.0. The molecule has 1 aliphatic rings. The van der Waals surface area contributed by atoms with Gasteiger partial charge in [-0.25, -0.2) is 0 Å². The van der Waals surface area contributed by atoms with Crippen LogP contribution in [0.1, 0.15) is 166 Å². The lowest BCUT2D eigenvalue weighted by atomic mass is 9.70. The highest BCUT2D eigenvalue weighted by Gasteiger charge is 2.42. The van der Waals surface area contributed by atoms with Crippen LogP contribution in [0.25, 0.3) is 22.3 Å². The van der Waals surface area contributed by atoms with Crippen molar-refractivity contribution in [1.29, 1.82) is 0 Å². The molecule has 0 heterocycles. The van der Waals surface area contributed by atoms with E-state index in [1.54, 1.807) is 11.1 Å². The highest BCUT2D eigenvalue weighted by Crippen LogP contribution is 2.55. The molecule has 6 aromatic rings. The van der Waals surface area contributed by atoms with Gasteiger partial charge in [0.15, 0.2) is 0 Å². The number of hydrogen-bond donors (Lipinski definition) is 1. The molecular weight excluding hydrogens is 761 g/mol. The highest BCUT2D eigenvalue weighted by atomic mass is 15.1. The van der Waals surface area contributed by atoms with Crippen LogP contribution in [0.2, 0.25) is 0 Å². The number of rotatable bonds is 26. The predicted molar refractivity (Wildman–Crippen MR) is 276 cm³/mol. The van der Waals surface area contributed by atoms with Gasteiger partial charge in [0.1, 0.15) is 0 Å². The summed E-state index contributed by atoms with van der Waals surface area (Å²) in [6.45, 7) is 9.18. The first kappa shape index (κ1) is 45.9. The fraction of sp³-hybridized carbons (Fsp3) is 0.410. The van der Waals surface area contributed by atoms with Crippen LogP contribution >= 0.6 is 0 Å². The van der Waals surface area contributed by atoms with Gasteiger partial charge in [0.25, 0.3) is 0 Å².